The number of rotatable bonds is 3. The van der Waals surface area contributed by atoms with Crippen molar-refractivity contribution in [2.75, 3.05) is 0 Å². The summed E-state index contributed by atoms with van der Waals surface area (Å²) in [6, 6.07) is 4.21. The molecule has 2 rings (SSSR count). The van der Waals surface area contributed by atoms with Crippen molar-refractivity contribution in [1.82, 2.24) is 5.32 Å². The molecule has 1 aromatic rings. The molecule has 0 saturated heterocycles. The number of fused-ring (bicyclic) bond motifs is 1. The van der Waals surface area contributed by atoms with Gasteiger partial charge in [-0.1, -0.05) is 19.9 Å². The fraction of sp³-hybridized carbons (Fsp3) is 0.500. The Morgan fingerprint density at radius 3 is 2.89 bits per heavy atom. The van der Waals surface area contributed by atoms with E-state index in [1.54, 1.807) is 12.1 Å². The molecule has 3 nitrogen and oxygen atoms in total. The van der Waals surface area contributed by atoms with Crippen LogP contribution in [-0.2, 0) is 11.2 Å². The summed E-state index contributed by atoms with van der Waals surface area (Å²) in [5.74, 6) is -0.245. The molecule has 1 aliphatic carbocycles. The van der Waals surface area contributed by atoms with E-state index in [2.05, 4.69) is 5.32 Å². The summed E-state index contributed by atoms with van der Waals surface area (Å²) in [6.07, 6.45) is 1.62. The second-order valence-electron chi connectivity index (χ2n) is 5.21. The van der Waals surface area contributed by atoms with Crippen LogP contribution in [0.1, 0.15) is 37.4 Å². The lowest BCUT2D eigenvalue weighted by molar-refractivity contribution is -0.124. The molecule has 1 aliphatic rings. The average Bonchev–Trinajstić information content (AvgIpc) is 2.70. The predicted molar refractivity (Wildman–Crippen MR) is 68.4 cm³/mol. The van der Waals surface area contributed by atoms with Gasteiger partial charge in [-0.2, -0.15) is 0 Å². The maximum Gasteiger partial charge on any atom is 0.237 e. The first-order chi connectivity index (χ1) is 8.49. The highest BCUT2D eigenvalue weighted by molar-refractivity contribution is 5.82. The highest BCUT2D eigenvalue weighted by Gasteiger charge is 2.26. The van der Waals surface area contributed by atoms with Gasteiger partial charge in [0.05, 0.1) is 12.1 Å². The van der Waals surface area contributed by atoms with Gasteiger partial charge in [0, 0.05) is 0 Å². The third kappa shape index (κ3) is 2.53. The molecule has 0 fully saturated rings. The fourth-order valence-corrected chi connectivity index (χ4v) is 2.31. The first kappa shape index (κ1) is 13.0. The Labute approximate surface area is 107 Å². The number of halogens is 1. The predicted octanol–water partition coefficient (Wildman–Crippen LogP) is 1.91. The van der Waals surface area contributed by atoms with Crippen LogP contribution in [0.4, 0.5) is 4.39 Å². The van der Waals surface area contributed by atoms with Crippen LogP contribution in [0.3, 0.4) is 0 Å². The number of nitrogens with one attached hydrogen (secondary N) is 1. The van der Waals surface area contributed by atoms with Crippen LogP contribution in [0.25, 0.3) is 0 Å². The molecular formula is C14H19FN2O. The number of nitrogens with two attached hydrogens (primary N) is 1. The minimum Gasteiger partial charge on any atom is -0.348 e. The molecule has 0 saturated carbocycles. The third-order valence-electron chi connectivity index (χ3n) is 3.52. The molecule has 0 spiro atoms. The van der Waals surface area contributed by atoms with Gasteiger partial charge < -0.3 is 11.1 Å². The standard InChI is InChI=1S/C14H19FN2O/c1-8(2)13(16)14(18)17-12-6-3-9-7-10(15)4-5-11(9)12/h4-5,7-8,12-13H,3,6,16H2,1-2H3,(H,17,18)/t12?,13-/m0/s1. The first-order valence-corrected chi connectivity index (χ1v) is 6.33. The van der Waals surface area contributed by atoms with Gasteiger partial charge in [-0.15, -0.1) is 0 Å². The first-order valence-electron chi connectivity index (χ1n) is 6.33. The smallest absolute Gasteiger partial charge is 0.237 e. The lowest BCUT2D eigenvalue weighted by Crippen LogP contribution is -2.44. The molecule has 3 N–H and O–H groups in total. The quantitative estimate of drug-likeness (QED) is 0.861. The summed E-state index contributed by atoms with van der Waals surface area (Å²) in [7, 11) is 0. The lowest BCUT2D eigenvalue weighted by atomic mass is 10.0. The minimum absolute atomic E-state index is 0.0297. The number of hydrogen-bond acceptors (Lipinski definition) is 2. The van der Waals surface area contributed by atoms with Crippen LogP contribution in [0.15, 0.2) is 18.2 Å². The van der Waals surface area contributed by atoms with Crippen molar-refractivity contribution in [1.29, 1.82) is 0 Å². The van der Waals surface area contributed by atoms with Gasteiger partial charge in [0.2, 0.25) is 5.91 Å². The Morgan fingerprint density at radius 1 is 1.50 bits per heavy atom. The zero-order valence-corrected chi connectivity index (χ0v) is 10.7. The maximum atomic E-state index is 13.1. The Morgan fingerprint density at radius 2 is 2.22 bits per heavy atom. The fourth-order valence-electron chi connectivity index (χ4n) is 2.31. The molecule has 0 bridgehead atoms. The minimum atomic E-state index is -0.491. The van der Waals surface area contributed by atoms with Crippen LogP contribution in [0.2, 0.25) is 0 Å². The molecule has 4 heteroatoms. The Kier molecular flexibility index (Phi) is 3.66. The van der Waals surface area contributed by atoms with Crippen molar-refractivity contribution in [3.8, 4) is 0 Å². The van der Waals surface area contributed by atoms with Gasteiger partial charge in [0.1, 0.15) is 5.82 Å². The van der Waals surface area contributed by atoms with E-state index in [1.165, 1.54) is 6.07 Å². The van der Waals surface area contributed by atoms with E-state index in [4.69, 9.17) is 5.73 Å². The second kappa shape index (κ2) is 5.06. The Bertz CT molecular complexity index is 459. The number of amides is 1. The molecule has 18 heavy (non-hydrogen) atoms. The average molecular weight is 250 g/mol. The van der Waals surface area contributed by atoms with E-state index < -0.39 is 6.04 Å². The molecular weight excluding hydrogens is 231 g/mol. The molecule has 98 valence electrons. The number of aryl methyl sites for hydroxylation is 1. The van der Waals surface area contributed by atoms with Crippen LogP contribution in [0.5, 0.6) is 0 Å². The monoisotopic (exact) mass is 250 g/mol. The van der Waals surface area contributed by atoms with E-state index in [0.29, 0.717) is 0 Å². The van der Waals surface area contributed by atoms with Crippen molar-refractivity contribution in [2.45, 2.75) is 38.8 Å². The summed E-state index contributed by atoms with van der Waals surface area (Å²) in [5.41, 5.74) is 7.81. The van der Waals surface area contributed by atoms with Crippen LogP contribution in [-0.4, -0.2) is 11.9 Å². The van der Waals surface area contributed by atoms with Crippen molar-refractivity contribution in [3.63, 3.8) is 0 Å². The number of carbonyl (C=O) groups excluding carboxylic acids is 1. The largest absolute Gasteiger partial charge is 0.348 e. The highest BCUT2D eigenvalue weighted by atomic mass is 19.1. The molecule has 0 aromatic heterocycles. The van der Waals surface area contributed by atoms with Gasteiger partial charge in [0.15, 0.2) is 0 Å². The van der Waals surface area contributed by atoms with Gasteiger partial charge in [0.25, 0.3) is 0 Å². The molecule has 0 aliphatic heterocycles. The molecule has 0 heterocycles. The van der Waals surface area contributed by atoms with Gasteiger partial charge in [-0.3, -0.25) is 4.79 Å². The zero-order valence-electron chi connectivity index (χ0n) is 10.7. The van der Waals surface area contributed by atoms with E-state index >= 15 is 0 Å². The summed E-state index contributed by atoms with van der Waals surface area (Å²) in [6.45, 7) is 3.84. The molecule has 0 radical (unpaired) electrons. The number of hydrogen-bond donors (Lipinski definition) is 2. The van der Waals surface area contributed by atoms with Crippen molar-refractivity contribution >= 4 is 5.91 Å². The maximum absolute atomic E-state index is 13.1. The van der Waals surface area contributed by atoms with Gasteiger partial charge in [-0.25, -0.2) is 4.39 Å². The topological polar surface area (TPSA) is 55.1 Å². The second-order valence-corrected chi connectivity index (χ2v) is 5.21. The number of carbonyl (C=O) groups is 1. The van der Waals surface area contributed by atoms with Crippen LogP contribution >= 0.6 is 0 Å². The van der Waals surface area contributed by atoms with Gasteiger partial charge >= 0.3 is 0 Å². The SMILES string of the molecule is CC(C)[C@H](N)C(=O)NC1CCc2cc(F)ccc21. The van der Waals surface area contributed by atoms with Crippen molar-refractivity contribution < 1.29 is 9.18 Å². The Hall–Kier alpha value is -1.42. The van der Waals surface area contributed by atoms with E-state index in [-0.39, 0.29) is 23.7 Å². The lowest BCUT2D eigenvalue weighted by Gasteiger charge is -2.19. The summed E-state index contributed by atoms with van der Waals surface area (Å²) in [4.78, 5) is 11.9. The van der Waals surface area contributed by atoms with E-state index in [0.717, 1.165) is 24.0 Å². The molecule has 1 amide bonds. The third-order valence-corrected chi connectivity index (χ3v) is 3.52. The van der Waals surface area contributed by atoms with Crippen LogP contribution in [0, 0.1) is 11.7 Å². The summed E-state index contributed by atoms with van der Waals surface area (Å²) >= 11 is 0. The van der Waals surface area contributed by atoms with Crippen molar-refractivity contribution in [3.05, 3.63) is 35.1 Å². The normalized spacial score (nSPS) is 19.7. The van der Waals surface area contributed by atoms with E-state index in [9.17, 15) is 9.18 Å². The zero-order chi connectivity index (χ0) is 13.3. The molecule has 2 atom stereocenters. The van der Waals surface area contributed by atoms with Crippen molar-refractivity contribution in [2.24, 2.45) is 11.7 Å². The highest BCUT2D eigenvalue weighted by Crippen LogP contribution is 2.31. The van der Waals surface area contributed by atoms with Gasteiger partial charge in [-0.05, 0) is 42.0 Å². The summed E-state index contributed by atoms with van der Waals surface area (Å²) in [5, 5.41) is 2.95. The Balaban J connectivity index is 2.08. The molecule has 1 aromatic carbocycles. The number of benzene rings is 1. The van der Waals surface area contributed by atoms with Crippen LogP contribution < -0.4 is 11.1 Å². The molecule has 1 unspecified atom stereocenters. The van der Waals surface area contributed by atoms with E-state index in [1.807, 2.05) is 13.8 Å². The summed E-state index contributed by atoms with van der Waals surface area (Å²) < 4.78 is 13.1.